The van der Waals surface area contributed by atoms with Gasteiger partial charge >= 0.3 is 0 Å². The molecule has 3 heteroatoms. The molecule has 0 aliphatic carbocycles. The Morgan fingerprint density at radius 2 is 2.38 bits per heavy atom. The number of aldehydes is 1. The zero-order valence-corrected chi connectivity index (χ0v) is 10.6. The van der Waals surface area contributed by atoms with Gasteiger partial charge in [0.15, 0.2) is 6.29 Å². The highest BCUT2D eigenvalue weighted by molar-refractivity contribution is 7.12. The molecule has 1 aromatic rings. The third-order valence-corrected chi connectivity index (χ3v) is 4.25. The summed E-state index contributed by atoms with van der Waals surface area (Å²) in [6, 6.07) is 2.70. The van der Waals surface area contributed by atoms with Crippen molar-refractivity contribution in [3.8, 4) is 0 Å². The quantitative estimate of drug-likeness (QED) is 0.747. The van der Waals surface area contributed by atoms with Gasteiger partial charge in [-0.05, 0) is 25.3 Å². The van der Waals surface area contributed by atoms with E-state index in [2.05, 4.69) is 17.2 Å². The van der Waals surface area contributed by atoms with Crippen LogP contribution >= 0.6 is 11.3 Å². The fourth-order valence-electron chi connectivity index (χ4n) is 2.50. The number of nitrogens with zero attached hydrogens (tertiary/aromatic N) is 1. The lowest BCUT2D eigenvalue weighted by atomic mass is 10.1. The largest absolute Gasteiger partial charge is 0.368 e. The van der Waals surface area contributed by atoms with Gasteiger partial charge in [-0.25, -0.2) is 0 Å². The minimum Gasteiger partial charge on any atom is -0.368 e. The summed E-state index contributed by atoms with van der Waals surface area (Å²) >= 11 is 1.55. The van der Waals surface area contributed by atoms with Crippen LogP contribution in [0.1, 0.15) is 48.7 Å². The molecule has 88 valence electrons. The lowest BCUT2D eigenvalue weighted by Gasteiger charge is -2.30. The fraction of sp³-hybridized carbons (Fsp3) is 0.615. The van der Waals surface area contributed by atoms with Crippen LogP contribution in [0.25, 0.3) is 0 Å². The maximum atomic E-state index is 10.7. The van der Waals surface area contributed by atoms with Crippen molar-refractivity contribution in [3.05, 3.63) is 16.3 Å². The highest BCUT2D eigenvalue weighted by Crippen LogP contribution is 2.29. The molecule has 1 atom stereocenters. The molecule has 2 rings (SSSR count). The Balaban J connectivity index is 2.17. The van der Waals surface area contributed by atoms with Gasteiger partial charge in [-0.15, -0.1) is 11.3 Å². The molecule has 0 spiro atoms. The first kappa shape index (κ1) is 11.6. The molecule has 16 heavy (non-hydrogen) atoms. The normalized spacial score (nSPS) is 21.8. The van der Waals surface area contributed by atoms with Crippen molar-refractivity contribution in [1.82, 2.24) is 0 Å². The first-order valence-corrected chi connectivity index (χ1v) is 7.03. The highest BCUT2D eigenvalue weighted by Gasteiger charge is 2.20. The van der Waals surface area contributed by atoms with Crippen LogP contribution in [0.15, 0.2) is 11.4 Å². The summed E-state index contributed by atoms with van der Waals surface area (Å²) in [5.41, 5.74) is 1.25. The summed E-state index contributed by atoms with van der Waals surface area (Å²) in [5.74, 6) is 0. The number of thiophene rings is 1. The van der Waals surface area contributed by atoms with Crippen molar-refractivity contribution in [2.75, 3.05) is 11.4 Å². The average molecular weight is 237 g/mol. The van der Waals surface area contributed by atoms with Crippen molar-refractivity contribution >= 4 is 23.3 Å². The second-order valence-corrected chi connectivity index (χ2v) is 5.37. The van der Waals surface area contributed by atoms with E-state index in [9.17, 15) is 4.79 Å². The summed E-state index contributed by atoms with van der Waals surface area (Å²) in [6.07, 6.45) is 7.42. The highest BCUT2D eigenvalue weighted by atomic mass is 32.1. The first-order chi connectivity index (χ1) is 7.85. The van der Waals surface area contributed by atoms with Crippen molar-refractivity contribution in [2.24, 2.45) is 0 Å². The minimum atomic E-state index is 0.664. The standard InChI is InChI=1S/C13H19NOS/c1-2-11-6-4-3-5-7-14(11)12-8-13(9-15)16-10-12/h8-11H,2-7H2,1H3. The molecule has 2 heterocycles. The van der Waals surface area contributed by atoms with E-state index in [0.717, 1.165) is 17.7 Å². The van der Waals surface area contributed by atoms with E-state index >= 15 is 0 Å². The van der Waals surface area contributed by atoms with E-state index < -0.39 is 0 Å². The summed E-state index contributed by atoms with van der Waals surface area (Å²) in [4.78, 5) is 14.1. The molecule has 0 saturated carbocycles. The number of carbonyl (C=O) groups excluding carboxylic acids is 1. The first-order valence-electron chi connectivity index (χ1n) is 6.15. The molecular weight excluding hydrogens is 218 g/mol. The Bertz CT molecular complexity index is 347. The number of hydrogen-bond donors (Lipinski definition) is 0. The summed E-state index contributed by atoms with van der Waals surface area (Å²) in [5, 5.41) is 2.12. The van der Waals surface area contributed by atoms with Gasteiger partial charge in [-0.2, -0.15) is 0 Å². The monoisotopic (exact) mass is 237 g/mol. The number of anilines is 1. The molecule has 1 aromatic heterocycles. The molecule has 0 radical (unpaired) electrons. The van der Waals surface area contributed by atoms with E-state index in [1.54, 1.807) is 11.3 Å². The van der Waals surface area contributed by atoms with Crippen molar-refractivity contribution in [2.45, 2.75) is 45.1 Å². The average Bonchev–Trinajstić information content (AvgIpc) is 2.66. The molecule has 0 aromatic carbocycles. The molecule has 1 unspecified atom stereocenters. The van der Waals surface area contributed by atoms with Crippen LogP contribution in [-0.2, 0) is 0 Å². The maximum absolute atomic E-state index is 10.7. The Kier molecular flexibility index (Phi) is 3.99. The van der Waals surface area contributed by atoms with Gasteiger partial charge in [0.2, 0.25) is 0 Å². The molecule has 2 nitrogen and oxygen atoms in total. The molecular formula is C13H19NOS. The third kappa shape index (κ3) is 2.46. The SMILES string of the molecule is CCC1CCCCCN1c1csc(C=O)c1. The van der Waals surface area contributed by atoms with Crippen LogP contribution in [0.2, 0.25) is 0 Å². The van der Waals surface area contributed by atoms with Gasteiger partial charge in [-0.3, -0.25) is 4.79 Å². The third-order valence-electron chi connectivity index (χ3n) is 3.40. The van der Waals surface area contributed by atoms with E-state index in [-0.39, 0.29) is 0 Å². The number of carbonyl (C=O) groups is 1. The summed E-state index contributed by atoms with van der Waals surface area (Å²) < 4.78 is 0. The van der Waals surface area contributed by atoms with E-state index in [4.69, 9.17) is 0 Å². The second-order valence-electron chi connectivity index (χ2n) is 4.43. The molecule has 0 amide bonds. The fourth-order valence-corrected chi connectivity index (χ4v) is 3.20. The molecule has 1 aliphatic rings. The predicted molar refractivity (Wildman–Crippen MR) is 69.6 cm³/mol. The van der Waals surface area contributed by atoms with Crippen molar-refractivity contribution in [1.29, 1.82) is 0 Å². The van der Waals surface area contributed by atoms with Gasteiger partial charge in [0.05, 0.1) is 4.88 Å². The maximum Gasteiger partial charge on any atom is 0.160 e. The predicted octanol–water partition coefficient (Wildman–Crippen LogP) is 3.72. The van der Waals surface area contributed by atoms with Crippen LogP contribution in [-0.4, -0.2) is 18.9 Å². The Hall–Kier alpha value is -0.830. The van der Waals surface area contributed by atoms with Gasteiger partial charge in [0, 0.05) is 23.7 Å². The van der Waals surface area contributed by atoms with Crippen LogP contribution in [0, 0.1) is 0 Å². The minimum absolute atomic E-state index is 0.664. The zero-order valence-electron chi connectivity index (χ0n) is 9.82. The molecule has 0 N–H and O–H groups in total. The Morgan fingerprint density at radius 3 is 3.06 bits per heavy atom. The lowest BCUT2D eigenvalue weighted by Crippen LogP contribution is -2.33. The second kappa shape index (κ2) is 5.48. The van der Waals surface area contributed by atoms with E-state index in [0.29, 0.717) is 6.04 Å². The van der Waals surface area contributed by atoms with Gasteiger partial charge in [0.25, 0.3) is 0 Å². The summed E-state index contributed by atoms with van der Waals surface area (Å²) in [7, 11) is 0. The lowest BCUT2D eigenvalue weighted by molar-refractivity contribution is 0.112. The number of rotatable bonds is 3. The molecule has 1 saturated heterocycles. The topological polar surface area (TPSA) is 20.3 Å². The van der Waals surface area contributed by atoms with Crippen LogP contribution in [0.4, 0.5) is 5.69 Å². The van der Waals surface area contributed by atoms with Gasteiger partial charge < -0.3 is 4.90 Å². The van der Waals surface area contributed by atoms with Crippen molar-refractivity contribution in [3.63, 3.8) is 0 Å². The zero-order chi connectivity index (χ0) is 11.4. The van der Waals surface area contributed by atoms with Gasteiger partial charge in [0.1, 0.15) is 0 Å². The van der Waals surface area contributed by atoms with E-state index in [1.807, 2.05) is 6.07 Å². The Labute approximate surface area is 101 Å². The van der Waals surface area contributed by atoms with Gasteiger partial charge in [-0.1, -0.05) is 19.8 Å². The Morgan fingerprint density at radius 1 is 1.50 bits per heavy atom. The smallest absolute Gasteiger partial charge is 0.160 e. The molecule has 1 aliphatic heterocycles. The number of hydrogen-bond acceptors (Lipinski definition) is 3. The van der Waals surface area contributed by atoms with Crippen LogP contribution < -0.4 is 4.90 Å². The summed E-state index contributed by atoms with van der Waals surface area (Å²) in [6.45, 7) is 3.41. The van der Waals surface area contributed by atoms with Crippen LogP contribution in [0.3, 0.4) is 0 Å². The molecule has 0 bridgehead atoms. The van der Waals surface area contributed by atoms with Crippen molar-refractivity contribution < 1.29 is 4.79 Å². The van der Waals surface area contributed by atoms with E-state index in [1.165, 1.54) is 37.8 Å². The molecule has 1 fully saturated rings. The van der Waals surface area contributed by atoms with Crippen LogP contribution in [0.5, 0.6) is 0 Å².